The first-order chi connectivity index (χ1) is 10.7. The lowest BCUT2D eigenvalue weighted by Gasteiger charge is -2.27. The molecule has 2 aromatic rings. The van der Waals surface area contributed by atoms with E-state index in [1.54, 1.807) is 24.3 Å². The quantitative estimate of drug-likeness (QED) is 0.882. The predicted octanol–water partition coefficient (Wildman–Crippen LogP) is 2.13. The molecule has 3 rings (SSSR count). The van der Waals surface area contributed by atoms with Gasteiger partial charge in [-0.3, -0.25) is 19.9 Å². The number of amides is 1. The van der Waals surface area contributed by atoms with E-state index in [0.717, 1.165) is 5.56 Å². The molecule has 1 aliphatic heterocycles. The van der Waals surface area contributed by atoms with Gasteiger partial charge in [0.1, 0.15) is 6.54 Å². The van der Waals surface area contributed by atoms with E-state index in [0.29, 0.717) is 11.3 Å². The third-order valence-corrected chi connectivity index (χ3v) is 3.41. The number of nitrogens with one attached hydrogen (secondary N) is 1. The van der Waals surface area contributed by atoms with Crippen molar-refractivity contribution in [3.63, 3.8) is 0 Å². The van der Waals surface area contributed by atoms with Gasteiger partial charge in [-0.15, -0.1) is 0 Å². The summed E-state index contributed by atoms with van der Waals surface area (Å²) in [7, 11) is 0. The number of aryl methyl sites for hydroxylation is 1. The van der Waals surface area contributed by atoms with Gasteiger partial charge in [-0.05, 0) is 19.1 Å². The van der Waals surface area contributed by atoms with Crippen molar-refractivity contribution in [3.05, 3.63) is 65.7 Å². The maximum Gasteiger partial charge on any atom is 0.253 e. The molecule has 0 aromatic heterocycles. The van der Waals surface area contributed by atoms with Crippen molar-refractivity contribution in [2.75, 3.05) is 11.4 Å². The fourth-order valence-corrected chi connectivity index (χ4v) is 2.26. The SMILES string of the molecule is Cc1ccc(N2C(=O)CNN=C2C(=O)c2ccccc2)cc1. The molecule has 5 nitrogen and oxygen atoms in total. The molecule has 0 saturated heterocycles. The number of rotatable bonds is 3. The van der Waals surface area contributed by atoms with Gasteiger partial charge < -0.3 is 0 Å². The van der Waals surface area contributed by atoms with Gasteiger partial charge in [-0.2, -0.15) is 5.10 Å². The molecule has 0 bridgehead atoms. The monoisotopic (exact) mass is 293 g/mol. The summed E-state index contributed by atoms with van der Waals surface area (Å²) in [4.78, 5) is 26.3. The number of anilines is 1. The molecule has 5 heteroatoms. The first-order valence-corrected chi connectivity index (χ1v) is 6.97. The summed E-state index contributed by atoms with van der Waals surface area (Å²) in [5.41, 5.74) is 4.84. The summed E-state index contributed by atoms with van der Waals surface area (Å²) in [5.74, 6) is -0.411. The van der Waals surface area contributed by atoms with Crippen LogP contribution in [0.15, 0.2) is 59.7 Å². The van der Waals surface area contributed by atoms with Gasteiger partial charge in [0, 0.05) is 5.56 Å². The molecule has 0 saturated carbocycles. The number of carbonyl (C=O) groups excluding carboxylic acids is 2. The zero-order valence-corrected chi connectivity index (χ0v) is 12.1. The lowest BCUT2D eigenvalue weighted by atomic mass is 10.1. The Hall–Kier alpha value is -2.95. The Labute approximate surface area is 128 Å². The zero-order valence-electron chi connectivity index (χ0n) is 12.1. The second-order valence-corrected chi connectivity index (χ2v) is 5.03. The second-order valence-electron chi connectivity index (χ2n) is 5.03. The van der Waals surface area contributed by atoms with E-state index in [9.17, 15) is 9.59 Å². The topological polar surface area (TPSA) is 61.8 Å². The van der Waals surface area contributed by atoms with Crippen LogP contribution in [0.5, 0.6) is 0 Å². The summed E-state index contributed by atoms with van der Waals surface area (Å²) in [6, 6.07) is 16.2. The van der Waals surface area contributed by atoms with E-state index >= 15 is 0 Å². The molecule has 1 N–H and O–H groups in total. The highest BCUT2D eigenvalue weighted by Crippen LogP contribution is 2.19. The van der Waals surface area contributed by atoms with Gasteiger partial charge in [0.25, 0.3) is 5.91 Å². The summed E-state index contributed by atoms with van der Waals surface area (Å²) < 4.78 is 0. The number of hydrogen-bond donors (Lipinski definition) is 1. The van der Waals surface area contributed by atoms with Crippen LogP contribution in [0.4, 0.5) is 5.69 Å². The van der Waals surface area contributed by atoms with Crippen LogP contribution in [0, 0.1) is 6.92 Å². The molecule has 1 amide bonds. The number of benzene rings is 2. The third kappa shape index (κ3) is 2.61. The van der Waals surface area contributed by atoms with Crippen LogP contribution in [0.2, 0.25) is 0 Å². The summed E-state index contributed by atoms with van der Waals surface area (Å²) in [5, 5.41) is 4.06. The van der Waals surface area contributed by atoms with E-state index < -0.39 is 0 Å². The lowest BCUT2D eigenvalue weighted by Crippen LogP contribution is -2.50. The second kappa shape index (κ2) is 5.81. The number of hydrogen-bond acceptors (Lipinski definition) is 4. The highest BCUT2D eigenvalue weighted by Gasteiger charge is 2.30. The Morgan fingerprint density at radius 1 is 1.09 bits per heavy atom. The molecule has 0 spiro atoms. The highest BCUT2D eigenvalue weighted by atomic mass is 16.2. The van der Waals surface area contributed by atoms with E-state index in [1.807, 2.05) is 37.3 Å². The molecule has 2 aromatic carbocycles. The average Bonchev–Trinajstić information content (AvgIpc) is 2.56. The molecule has 0 radical (unpaired) electrons. The van der Waals surface area contributed by atoms with Gasteiger partial charge in [-0.25, -0.2) is 0 Å². The number of hydrazone groups is 1. The van der Waals surface area contributed by atoms with E-state index in [4.69, 9.17) is 0 Å². The number of nitrogens with zero attached hydrogens (tertiary/aromatic N) is 2. The Balaban J connectivity index is 2.00. The molecular formula is C17H15N3O2. The van der Waals surface area contributed by atoms with Gasteiger partial charge in [0.15, 0.2) is 0 Å². The van der Waals surface area contributed by atoms with E-state index in [-0.39, 0.29) is 24.1 Å². The number of ketones is 1. The highest BCUT2D eigenvalue weighted by molar-refractivity contribution is 6.53. The standard InChI is InChI=1S/C17H15N3O2/c1-12-7-9-14(10-8-12)20-15(21)11-18-19-17(20)16(22)13-5-3-2-4-6-13/h2-10,18H,11H2,1H3. The van der Waals surface area contributed by atoms with Gasteiger partial charge in [-0.1, -0.05) is 48.0 Å². The van der Waals surface area contributed by atoms with Crippen molar-refractivity contribution in [2.24, 2.45) is 5.10 Å². The summed E-state index contributed by atoms with van der Waals surface area (Å²) in [6.45, 7) is 2.03. The van der Waals surface area contributed by atoms with Crippen LogP contribution in [-0.4, -0.2) is 24.1 Å². The van der Waals surface area contributed by atoms with Crippen LogP contribution in [0.1, 0.15) is 15.9 Å². The van der Waals surface area contributed by atoms with Crippen molar-refractivity contribution in [1.82, 2.24) is 5.43 Å². The maximum absolute atomic E-state index is 12.6. The third-order valence-electron chi connectivity index (χ3n) is 3.41. The van der Waals surface area contributed by atoms with Crippen LogP contribution >= 0.6 is 0 Å². The molecule has 0 unspecified atom stereocenters. The molecule has 22 heavy (non-hydrogen) atoms. The first kappa shape index (κ1) is 14.0. The van der Waals surface area contributed by atoms with Crippen LogP contribution in [-0.2, 0) is 4.79 Å². The first-order valence-electron chi connectivity index (χ1n) is 6.97. The number of amidine groups is 1. The predicted molar refractivity (Wildman–Crippen MR) is 84.9 cm³/mol. The maximum atomic E-state index is 12.6. The largest absolute Gasteiger partial charge is 0.298 e. The van der Waals surface area contributed by atoms with Crippen molar-refractivity contribution >= 4 is 23.2 Å². The fourth-order valence-electron chi connectivity index (χ4n) is 2.26. The minimum Gasteiger partial charge on any atom is -0.298 e. The van der Waals surface area contributed by atoms with Gasteiger partial charge >= 0.3 is 0 Å². The Kier molecular flexibility index (Phi) is 3.70. The van der Waals surface area contributed by atoms with Crippen molar-refractivity contribution < 1.29 is 9.59 Å². The van der Waals surface area contributed by atoms with E-state index in [2.05, 4.69) is 10.5 Å². The molecule has 110 valence electrons. The van der Waals surface area contributed by atoms with Crippen molar-refractivity contribution in [1.29, 1.82) is 0 Å². The molecule has 0 fully saturated rings. The number of Topliss-reactive ketones (excluding diaryl/α,β-unsaturated/α-hetero) is 1. The average molecular weight is 293 g/mol. The van der Waals surface area contributed by atoms with Crippen LogP contribution in [0.3, 0.4) is 0 Å². The summed E-state index contributed by atoms with van der Waals surface area (Å²) >= 11 is 0. The fraction of sp³-hybridized carbons (Fsp3) is 0.118. The molecular weight excluding hydrogens is 278 g/mol. The van der Waals surface area contributed by atoms with Crippen molar-refractivity contribution in [2.45, 2.75) is 6.92 Å². The zero-order chi connectivity index (χ0) is 15.5. The number of carbonyl (C=O) groups is 2. The molecule has 0 atom stereocenters. The minimum absolute atomic E-state index is 0.0689. The Morgan fingerprint density at radius 2 is 1.77 bits per heavy atom. The smallest absolute Gasteiger partial charge is 0.253 e. The van der Waals surface area contributed by atoms with Crippen molar-refractivity contribution in [3.8, 4) is 0 Å². The normalized spacial score (nSPS) is 14.3. The molecule has 1 heterocycles. The lowest BCUT2D eigenvalue weighted by molar-refractivity contribution is -0.117. The van der Waals surface area contributed by atoms with Gasteiger partial charge in [0.2, 0.25) is 11.6 Å². The van der Waals surface area contributed by atoms with Crippen LogP contribution < -0.4 is 10.3 Å². The van der Waals surface area contributed by atoms with Gasteiger partial charge in [0.05, 0.1) is 5.69 Å². The summed E-state index contributed by atoms with van der Waals surface area (Å²) in [6.07, 6.45) is 0. The minimum atomic E-state index is -0.290. The Bertz CT molecular complexity index is 736. The molecule has 1 aliphatic rings. The van der Waals surface area contributed by atoms with Crippen LogP contribution in [0.25, 0.3) is 0 Å². The Morgan fingerprint density at radius 3 is 2.45 bits per heavy atom. The molecule has 0 aliphatic carbocycles. The van der Waals surface area contributed by atoms with E-state index in [1.165, 1.54) is 4.90 Å².